The van der Waals surface area contributed by atoms with Gasteiger partial charge in [-0.15, -0.1) is 6.58 Å². The number of aryl methyl sites for hydroxylation is 1. The quantitative estimate of drug-likeness (QED) is 0.0534. The van der Waals surface area contributed by atoms with Crippen LogP contribution in [-0.4, -0.2) is 231 Å². The normalized spacial score (nSPS) is 16.4. The fraction of sp³-hybridized carbons (Fsp3) is 0.727. The number of carbonyl (C=O) groups is 1. The van der Waals surface area contributed by atoms with E-state index in [1.54, 1.807) is 15.5 Å². The fourth-order valence-electron chi connectivity index (χ4n) is 8.63. The molecule has 0 bridgehead atoms. The zero-order valence-corrected chi connectivity index (χ0v) is 48.7. The van der Waals surface area contributed by atoms with Gasteiger partial charge in [0.15, 0.2) is 5.65 Å². The van der Waals surface area contributed by atoms with Crippen molar-refractivity contribution in [2.75, 3.05) is 201 Å². The van der Waals surface area contributed by atoms with E-state index >= 15 is 0 Å². The number of amides is 1. The first-order valence-electron chi connectivity index (χ1n) is 28.0. The van der Waals surface area contributed by atoms with Crippen LogP contribution in [0, 0.1) is 12.8 Å². The van der Waals surface area contributed by atoms with Gasteiger partial charge in [0, 0.05) is 55.1 Å². The van der Waals surface area contributed by atoms with Crippen LogP contribution in [0.3, 0.4) is 0 Å². The fourth-order valence-corrected chi connectivity index (χ4v) is 9.38. The van der Waals surface area contributed by atoms with Crippen LogP contribution in [0.2, 0.25) is 5.02 Å². The number of aromatic nitrogens is 3. The average molecular weight is 1160 g/mol. The maximum absolute atomic E-state index is 14.0. The van der Waals surface area contributed by atoms with Crippen molar-refractivity contribution in [1.82, 2.24) is 24.8 Å². The van der Waals surface area contributed by atoms with Crippen LogP contribution in [-0.2, 0) is 66.9 Å². The number of ether oxygens (including phenoxy) is 12. The topological polar surface area (TPSA) is 223 Å². The van der Waals surface area contributed by atoms with E-state index in [-0.39, 0.29) is 23.2 Å². The maximum Gasteiger partial charge on any atom is 0.256 e. The van der Waals surface area contributed by atoms with Crippen molar-refractivity contribution in [3.63, 3.8) is 0 Å². The minimum absolute atomic E-state index is 0.195. The number of benzene rings is 1. The molecule has 2 saturated heterocycles. The average Bonchev–Trinajstić information content (AvgIpc) is 4.24. The number of fused-ring (bicyclic) bond motifs is 1. The highest BCUT2D eigenvalue weighted by atomic mass is 35.5. The molecule has 0 spiro atoms. The Morgan fingerprint density at radius 2 is 1.22 bits per heavy atom. The second-order valence-corrected chi connectivity index (χ2v) is 21.5. The van der Waals surface area contributed by atoms with E-state index in [1.807, 2.05) is 18.3 Å². The predicted octanol–water partition coefficient (Wildman–Crippen LogP) is 5.40. The van der Waals surface area contributed by atoms with E-state index in [2.05, 4.69) is 35.4 Å². The molecule has 3 aromatic rings. The molecule has 2 aromatic heterocycles. The highest BCUT2D eigenvalue weighted by molar-refractivity contribution is 7.92. The number of piperidine rings is 1. The standard InChI is InChI=1S/C55H90ClN7O15S/c1-5-45(2)44-78-39-38-77-37-36-76-35-34-75-33-32-74-31-30-73-29-28-72-27-26-71-25-24-70-23-22-69-21-20-68-19-18-67-17-9-7-14-57-48-13-16-61(43-48)54-46(3)42-63-53(58-54)41-51(59-63)52-10-6-8-15-62(52)55(64)49-40-47(56)11-12-50(49)60-79(4,65)66/h5,11-12,40-42,45,48,52,57,60H,1,6-10,13-39,43-44H2,2-4H3/t45?,48-,52-/m0/s1. The molecule has 0 saturated carbocycles. The summed E-state index contributed by atoms with van der Waals surface area (Å²) in [5.41, 5.74) is 2.88. The van der Waals surface area contributed by atoms with E-state index in [0.717, 1.165) is 81.5 Å². The molecule has 22 nitrogen and oxygen atoms in total. The van der Waals surface area contributed by atoms with Crippen LogP contribution in [0.25, 0.3) is 5.65 Å². The Bertz CT molecular complexity index is 2250. The van der Waals surface area contributed by atoms with Gasteiger partial charge in [-0.2, -0.15) is 5.10 Å². The number of rotatable bonds is 47. The molecule has 2 fully saturated rings. The molecule has 448 valence electrons. The number of likely N-dealkylation sites (tertiary alicyclic amines) is 1. The van der Waals surface area contributed by atoms with Gasteiger partial charge < -0.3 is 72.0 Å². The zero-order chi connectivity index (χ0) is 56.2. The third-order valence-electron chi connectivity index (χ3n) is 12.7. The van der Waals surface area contributed by atoms with E-state index in [0.29, 0.717) is 188 Å². The van der Waals surface area contributed by atoms with E-state index in [1.165, 1.54) is 12.1 Å². The number of sulfonamides is 1. The van der Waals surface area contributed by atoms with Crippen LogP contribution in [0.5, 0.6) is 0 Å². The molecular formula is C55H90ClN7O15S. The summed E-state index contributed by atoms with van der Waals surface area (Å²) in [5.74, 6) is 0.984. The van der Waals surface area contributed by atoms with Crippen molar-refractivity contribution in [1.29, 1.82) is 0 Å². The summed E-state index contributed by atoms with van der Waals surface area (Å²) in [6, 6.07) is 6.62. The van der Waals surface area contributed by atoms with Crippen LogP contribution < -0.4 is 14.9 Å². The summed E-state index contributed by atoms with van der Waals surface area (Å²) in [5, 5.41) is 8.95. The molecule has 2 aliphatic rings. The molecule has 5 rings (SSSR count). The summed E-state index contributed by atoms with van der Waals surface area (Å²) in [4.78, 5) is 23.2. The number of hydrogen-bond acceptors (Lipinski definition) is 19. The molecule has 4 heterocycles. The largest absolute Gasteiger partial charge is 0.379 e. The van der Waals surface area contributed by atoms with E-state index in [9.17, 15) is 13.2 Å². The van der Waals surface area contributed by atoms with Crippen molar-refractivity contribution in [3.05, 3.63) is 65.0 Å². The second-order valence-electron chi connectivity index (χ2n) is 19.3. The lowest BCUT2D eigenvalue weighted by Crippen LogP contribution is -2.39. The first-order chi connectivity index (χ1) is 38.5. The number of anilines is 2. The van der Waals surface area contributed by atoms with Crippen LogP contribution in [0.4, 0.5) is 11.5 Å². The van der Waals surface area contributed by atoms with Gasteiger partial charge >= 0.3 is 0 Å². The van der Waals surface area contributed by atoms with Gasteiger partial charge in [0.2, 0.25) is 10.0 Å². The predicted molar refractivity (Wildman–Crippen MR) is 302 cm³/mol. The SMILES string of the molecule is C=CC(C)COCCOCCOCCOCCOCCOCCOCCOCCOCCOCCOCCOCCCCN[C@H]1CCN(c2nc3cc([C@@H]4CCCCN4C(=O)c4cc(Cl)ccc4NS(C)(=O)=O)nn3cc2C)C1. The van der Waals surface area contributed by atoms with E-state index in [4.69, 9.17) is 78.5 Å². The Morgan fingerprint density at radius 1 is 0.709 bits per heavy atom. The van der Waals surface area contributed by atoms with Gasteiger partial charge in [-0.1, -0.05) is 24.6 Å². The first-order valence-corrected chi connectivity index (χ1v) is 30.3. The monoisotopic (exact) mass is 1160 g/mol. The first kappa shape index (κ1) is 66.2. The van der Waals surface area contributed by atoms with Crippen LogP contribution in [0.15, 0.2) is 43.1 Å². The molecular weight excluding hydrogens is 1070 g/mol. The molecule has 1 amide bonds. The van der Waals surface area contributed by atoms with Crippen molar-refractivity contribution in [2.45, 2.75) is 64.5 Å². The molecule has 79 heavy (non-hydrogen) atoms. The molecule has 1 unspecified atom stereocenters. The van der Waals surface area contributed by atoms with Crippen molar-refractivity contribution < 1.29 is 70.1 Å². The Labute approximate surface area is 473 Å². The zero-order valence-electron chi connectivity index (χ0n) is 47.1. The molecule has 1 aromatic carbocycles. The summed E-state index contributed by atoms with van der Waals surface area (Å²) in [6.07, 6.45) is 10.4. The lowest BCUT2D eigenvalue weighted by atomic mass is 9.98. The van der Waals surface area contributed by atoms with Gasteiger partial charge in [0.25, 0.3) is 5.91 Å². The van der Waals surface area contributed by atoms with Crippen molar-refractivity contribution in [2.24, 2.45) is 5.92 Å². The number of halogens is 1. The van der Waals surface area contributed by atoms with E-state index < -0.39 is 10.0 Å². The third kappa shape index (κ3) is 27.3. The number of carbonyl (C=O) groups excluding carboxylic acids is 1. The Balaban J connectivity index is 0.760. The lowest BCUT2D eigenvalue weighted by molar-refractivity contribution is -0.0285. The maximum atomic E-state index is 14.0. The number of nitrogens with zero attached hydrogens (tertiary/aromatic N) is 5. The minimum atomic E-state index is -3.62. The molecule has 0 aliphatic carbocycles. The molecule has 3 atom stereocenters. The Kier molecular flexibility index (Phi) is 33.3. The highest BCUT2D eigenvalue weighted by Crippen LogP contribution is 2.35. The summed E-state index contributed by atoms with van der Waals surface area (Å²) in [7, 11) is -3.62. The van der Waals surface area contributed by atoms with Crippen LogP contribution >= 0.6 is 11.6 Å². The van der Waals surface area contributed by atoms with Crippen LogP contribution in [0.1, 0.15) is 73.1 Å². The summed E-state index contributed by atoms with van der Waals surface area (Å²) in [6.45, 7) is 23.6. The summed E-state index contributed by atoms with van der Waals surface area (Å²) < 4.78 is 95.1. The minimum Gasteiger partial charge on any atom is -0.379 e. The van der Waals surface area contributed by atoms with Gasteiger partial charge in [-0.3, -0.25) is 9.52 Å². The van der Waals surface area contributed by atoms with Crippen molar-refractivity contribution in [3.8, 4) is 0 Å². The second kappa shape index (κ2) is 39.7. The molecule has 0 radical (unpaired) electrons. The molecule has 2 aliphatic heterocycles. The lowest BCUT2D eigenvalue weighted by Gasteiger charge is -2.35. The Morgan fingerprint density at radius 3 is 1.72 bits per heavy atom. The smallest absolute Gasteiger partial charge is 0.256 e. The van der Waals surface area contributed by atoms with Crippen molar-refractivity contribution >= 4 is 44.7 Å². The molecule has 2 N–H and O–H groups in total. The number of hydrogen-bond donors (Lipinski definition) is 2. The highest BCUT2D eigenvalue weighted by Gasteiger charge is 2.33. The number of nitrogens with one attached hydrogen (secondary N) is 2. The third-order valence-corrected chi connectivity index (χ3v) is 13.6. The Hall–Kier alpha value is -3.63. The van der Waals surface area contributed by atoms with Gasteiger partial charge in [-0.25, -0.2) is 17.9 Å². The van der Waals surface area contributed by atoms with Gasteiger partial charge in [-0.05, 0) is 76.1 Å². The summed E-state index contributed by atoms with van der Waals surface area (Å²) >= 11 is 6.28. The number of unbranched alkanes of at least 4 members (excludes halogenated alkanes) is 1. The molecule has 24 heteroatoms. The van der Waals surface area contributed by atoms with Gasteiger partial charge in [0.1, 0.15) is 5.82 Å². The van der Waals surface area contributed by atoms with Gasteiger partial charge in [0.05, 0.1) is 181 Å².